The Bertz CT molecular complexity index is 637. The molecule has 0 radical (unpaired) electrons. The third-order valence-electron chi connectivity index (χ3n) is 3.81. The third-order valence-corrected chi connectivity index (χ3v) is 3.81. The Balaban J connectivity index is 1.68. The molecule has 2 aromatic rings. The van der Waals surface area contributed by atoms with Gasteiger partial charge in [0.25, 0.3) is 0 Å². The second kappa shape index (κ2) is 6.06. The lowest BCUT2D eigenvalue weighted by atomic mass is 9.94. The Labute approximate surface area is 124 Å². The molecule has 1 aromatic heterocycles. The first-order valence-corrected chi connectivity index (χ1v) is 7.24. The zero-order valence-electron chi connectivity index (χ0n) is 12.1. The van der Waals surface area contributed by atoms with Crippen LogP contribution >= 0.6 is 0 Å². The lowest BCUT2D eigenvalue weighted by Crippen LogP contribution is -2.41. The second-order valence-corrected chi connectivity index (χ2v) is 5.36. The molecule has 0 saturated carbocycles. The highest BCUT2D eigenvalue weighted by molar-refractivity contribution is 5.83. The zero-order valence-corrected chi connectivity index (χ0v) is 12.1. The highest BCUT2D eigenvalue weighted by Gasteiger charge is 2.25. The Kier molecular flexibility index (Phi) is 3.97. The van der Waals surface area contributed by atoms with Crippen LogP contribution in [0.25, 0.3) is 0 Å². The van der Waals surface area contributed by atoms with Crippen LogP contribution in [0.4, 0.5) is 0 Å². The van der Waals surface area contributed by atoms with Crippen LogP contribution < -0.4 is 10.6 Å². The standard InChI is InChI=1S/C17H19N3O/c1-12-6-7-13(10-19-12)11-20-17(21)16-15-5-3-2-4-14(15)8-9-18-16/h2-7,10,16,18H,8-9,11H2,1H3,(H,20,21). The van der Waals surface area contributed by atoms with Crippen LogP contribution in [-0.2, 0) is 17.8 Å². The molecule has 0 fully saturated rings. The molecule has 4 nitrogen and oxygen atoms in total. The first-order chi connectivity index (χ1) is 10.2. The van der Waals surface area contributed by atoms with Crippen LogP contribution in [-0.4, -0.2) is 17.4 Å². The molecule has 1 aliphatic rings. The number of pyridine rings is 1. The van der Waals surface area contributed by atoms with Gasteiger partial charge < -0.3 is 10.6 Å². The summed E-state index contributed by atoms with van der Waals surface area (Å²) in [5, 5.41) is 6.28. The van der Waals surface area contributed by atoms with Gasteiger partial charge in [0.2, 0.25) is 5.91 Å². The van der Waals surface area contributed by atoms with E-state index in [9.17, 15) is 4.79 Å². The lowest BCUT2D eigenvalue weighted by molar-refractivity contribution is -0.123. The number of fused-ring (bicyclic) bond motifs is 1. The molecular formula is C17H19N3O. The van der Waals surface area contributed by atoms with Crippen LogP contribution in [0.5, 0.6) is 0 Å². The maximum absolute atomic E-state index is 12.4. The van der Waals surface area contributed by atoms with Crippen molar-refractivity contribution in [3.8, 4) is 0 Å². The molecule has 2 heterocycles. The Morgan fingerprint density at radius 3 is 3.00 bits per heavy atom. The first-order valence-electron chi connectivity index (χ1n) is 7.24. The van der Waals surface area contributed by atoms with Crippen LogP contribution in [0.2, 0.25) is 0 Å². The van der Waals surface area contributed by atoms with Crippen molar-refractivity contribution in [3.63, 3.8) is 0 Å². The Morgan fingerprint density at radius 1 is 1.33 bits per heavy atom. The molecule has 0 bridgehead atoms. The summed E-state index contributed by atoms with van der Waals surface area (Å²) in [4.78, 5) is 16.6. The van der Waals surface area contributed by atoms with E-state index in [4.69, 9.17) is 0 Å². The fourth-order valence-corrected chi connectivity index (χ4v) is 2.63. The number of nitrogens with zero attached hydrogens (tertiary/aromatic N) is 1. The molecule has 108 valence electrons. The summed E-state index contributed by atoms with van der Waals surface area (Å²) in [5.74, 6) is 0.0164. The van der Waals surface area contributed by atoms with E-state index >= 15 is 0 Å². The molecule has 1 atom stereocenters. The fraction of sp³-hybridized carbons (Fsp3) is 0.294. The largest absolute Gasteiger partial charge is 0.350 e. The third kappa shape index (κ3) is 3.11. The van der Waals surface area contributed by atoms with Crippen LogP contribution in [0.15, 0.2) is 42.6 Å². The fourth-order valence-electron chi connectivity index (χ4n) is 2.63. The molecule has 1 unspecified atom stereocenters. The number of aryl methyl sites for hydroxylation is 1. The first kappa shape index (κ1) is 13.8. The van der Waals surface area contributed by atoms with E-state index in [0.717, 1.165) is 29.8 Å². The number of hydrogen-bond donors (Lipinski definition) is 2. The number of carbonyl (C=O) groups is 1. The minimum absolute atomic E-state index is 0.0164. The van der Waals surface area contributed by atoms with E-state index in [0.29, 0.717) is 6.54 Å². The molecule has 0 spiro atoms. The smallest absolute Gasteiger partial charge is 0.242 e. The van der Waals surface area contributed by atoms with Crippen LogP contribution in [0.1, 0.15) is 28.4 Å². The van der Waals surface area contributed by atoms with Crippen LogP contribution in [0.3, 0.4) is 0 Å². The van der Waals surface area contributed by atoms with Crippen molar-refractivity contribution in [2.45, 2.75) is 25.9 Å². The van der Waals surface area contributed by atoms with Gasteiger partial charge in [-0.1, -0.05) is 30.3 Å². The number of nitrogens with one attached hydrogen (secondary N) is 2. The van der Waals surface area contributed by atoms with Gasteiger partial charge >= 0.3 is 0 Å². The lowest BCUT2D eigenvalue weighted by Gasteiger charge is -2.26. The highest BCUT2D eigenvalue weighted by atomic mass is 16.2. The minimum Gasteiger partial charge on any atom is -0.350 e. The minimum atomic E-state index is -0.256. The number of benzene rings is 1. The summed E-state index contributed by atoms with van der Waals surface area (Å²) in [5.41, 5.74) is 4.34. The zero-order chi connectivity index (χ0) is 14.7. The van der Waals surface area contributed by atoms with Crippen molar-refractivity contribution in [1.29, 1.82) is 0 Å². The van der Waals surface area contributed by atoms with Gasteiger partial charge in [-0.15, -0.1) is 0 Å². The highest BCUT2D eigenvalue weighted by Crippen LogP contribution is 2.22. The van der Waals surface area contributed by atoms with Gasteiger partial charge in [0, 0.05) is 25.0 Å². The maximum atomic E-state index is 12.4. The molecule has 4 heteroatoms. The van der Waals surface area contributed by atoms with Crippen molar-refractivity contribution in [2.24, 2.45) is 0 Å². The molecule has 3 rings (SSSR count). The van der Waals surface area contributed by atoms with E-state index in [1.807, 2.05) is 37.3 Å². The summed E-state index contributed by atoms with van der Waals surface area (Å²) in [7, 11) is 0. The molecule has 1 aliphatic heterocycles. The van der Waals surface area contributed by atoms with Gasteiger partial charge in [-0.05, 0) is 36.1 Å². The number of amides is 1. The summed E-state index contributed by atoms with van der Waals surface area (Å²) < 4.78 is 0. The summed E-state index contributed by atoms with van der Waals surface area (Å²) >= 11 is 0. The van der Waals surface area contributed by atoms with Gasteiger partial charge in [0.15, 0.2) is 0 Å². The molecule has 1 aromatic carbocycles. The van der Waals surface area contributed by atoms with Gasteiger partial charge in [-0.3, -0.25) is 9.78 Å². The van der Waals surface area contributed by atoms with Crippen molar-refractivity contribution in [3.05, 3.63) is 65.0 Å². The molecule has 0 saturated heterocycles. The molecular weight excluding hydrogens is 262 g/mol. The van der Waals surface area contributed by atoms with Crippen molar-refractivity contribution >= 4 is 5.91 Å². The van der Waals surface area contributed by atoms with E-state index in [1.54, 1.807) is 6.20 Å². The second-order valence-electron chi connectivity index (χ2n) is 5.36. The van der Waals surface area contributed by atoms with Crippen molar-refractivity contribution in [2.75, 3.05) is 6.54 Å². The summed E-state index contributed by atoms with van der Waals surface area (Å²) in [6.45, 7) is 3.29. The predicted molar refractivity (Wildman–Crippen MR) is 81.7 cm³/mol. The van der Waals surface area contributed by atoms with Gasteiger partial charge in [-0.2, -0.15) is 0 Å². The average Bonchev–Trinajstić information content (AvgIpc) is 2.53. The van der Waals surface area contributed by atoms with E-state index in [-0.39, 0.29) is 11.9 Å². The van der Waals surface area contributed by atoms with E-state index in [1.165, 1.54) is 5.56 Å². The maximum Gasteiger partial charge on any atom is 0.242 e. The van der Waals surface area contributed by atoms with Gasteiger partial charge in [0.1, 0.15) is 6.04 Å². The Morgan fingerprint density at radius 2 is 2.19 bits per heavy atom. The van der Waals surface area contributed by atoms with Crippen molar-refractivity contribution in [1.82, 2.24) is 15.6 Å². The number of carbonyl (C=O) groups excluding carboxylic acids is 1. The quantitative estimate of drug-likeness (QED) is 0.903. The number of hydrogen-bond acceptors (Lipinski definition) is 3. The summed E-state index contributed by atoms with van der Waals surface area (Å²) in [6, 6.07) is 11.8. The predicted octanol–water partition coefficient (Wildman–Crippen LogP) is 1.89. The normalized spacial score (nSPS) is 17.1. The molecule has 0 aliphatic carbocycles. The van der Waals surface area contributed by atoms with E-state index in [2.05, 4.69) is 21.7 Å². The SMILES string of the molecule is Cc1ccc(CNC(=O)C2NCCc3ccccc32)cn1. The molecule has 2 N–H and O–H groups in total. The van der Waals surface area contributed by atoms with Gasteiger partial charge in [-0.25, -0.2) is 0 Å². The molecule has 1 amide bonds. The number of aromatic nitrogens is 1. The van der Waals surface area contributed by atoms with Crippen LogP contribution in [0, 0.1) is 6.92 Å². The van der Waals surface area contributed by atoms with E-state index < -0.39 is 0 Å². The number of rotatable bonds is 3. The summed E-state index contributed by atoms with van der Waals surface area (Å²) in [6.07, 6.45) is 2.78. The van der Waals surface area contributed by atoms with Gasteiger partial charge in [0.05, 0.1) is 0 Å². The monoisotopic (exact) mass is 281 g/mol. The molecule has 21 heavy (non-hydrogen) atoms. The van der Waals surface area contributed by atoms with Crippen molar-refractivity contribution < 1.29 is 4.79 Å². The Hall–Kier alpha value is -2.20. The topological polar surface area (TPSA) is 54.0 Å². The average molecular weight is 281 g/mol.